The van der Waals surface area contributed by atoms with Crippen molar-refractivity contribution < 1.29 is 66.0 Å². The molecule has 0 bridgehead atoms. The number of aromatic nitrogens is 4. The third-order valence-corrected chi connectivity index (χ3v) is 11.3. The summed E-state index contributed by atoms with van der Waals surface area (Å²) in [6, 6.07) is 10.9. The Hall–Kier alpha value is -6.04. The zero-order chi connectivity index (χ0) is 43.7. The minimum absolute atomic E-state index is 0.00559. The first-order chi connectivity index (χ1) is 27.8. The fourth-order valence-electron chi connectivity index (χ4n) is 4.70. The number of halogens is 8. The summed E-state index contributed by atoms with van der Waals surface area (Å²) in [6.45, 7) is 1.56. The summed E-state index contributed by atoms with van der Waals surface area (Å²) in [5.41, 5.74) is 0.550. The Morgan fingerprint density at radius 1 is 0.695 bits per heavy atom. The molecule has 316 valence electrons. The van der Waals surface area contributed by atoms with Crippen LogP contribution in [0.15, 0.2) is 77.5 Å². The summed E-state index contributed by atoms with van der Waals surface area (Å²) in [4.78, 5) is 30.8. The van der Waals surface area contributed by atoms with Gasteiger partial charge in [0.1, 0.15) is 0 Å². The lowest BCUT2D eigenvalue weighted by molar-refractivity contribution is -0.131. The number of alkyl halides is 4. The molecule has 0 aliphatic carbocycles. The Morgan fingerprint density at radius 2 is 1.20 bits per heavy atom. The van der Waals surface area contributed by atoms with Crippen molar-refractivity contribution in [2.24, 2.45) is 0 Å². The van der Waals surface area contributed by atoms with Crippen LogP contribution in [0.25, 0.3) is 11.5 Å². The van der Waals surface area contributed by atoms with Gasteiger partial charge in [-0.05, 0) is 62.4 Å². The molecule has 5 rings (SSSR count). The second kappa shape index (κ2) is 19.6. The number of hydrogen-bond acceptors (Lipinski definition) is 11. The first-order valence-electron chi connectivity index (χ1n) is 16.8. The topological polar surface area (TPSA) is 186 Å². The lowest BCUT2D eigenvalue weighted by Gasteiger charge is -2.23. The van der Waals surface area contributed by atoms with Crippen molar-refractivity contribution in [2.45, 2.75) is 39.8 Å². The maximum Gasteiger partial charge on any atom is 0.315 e. The van der Waals surface area contributed by atoms with Crippen molar-refractivity contribution in [2.75, 3.05) is 26.7 Å². The van der Waals surface area contributed by atoms with Crippen LogP contribution >= 0.6 is 0 Å². The lowest BCUT2D eigenvalue weighted by atomic mass is 10.1. The zero-order valence-corrected chi connectivity index (χ0v) is 32.1. The van der Waals surface area contributed by atoms with E-state index in [2.05, 4.69) is 20.2 Å². The molecule has 0 fully saturated rings. The van der Waals surface area contributed by atoms with Gasteiger partial charge in [-0.15, -0.1) is 10.2 Å². The van der Waals surface area contributed by atoms with Gasteiger partial charge in [0.15, 0.2) is 29.1 Å². The minimum Gasteiger partial charge on any atom is -0.415 e. The van der Waals surface area contributed by atoms with E-state index in [1.54, 1.807) is 5.32 Å². The summed E-state index contributed by atoms with van der Waals surface area (Å²) in [7, 11) is -7.70. The number of carbonyl (C=O) groups is 2. The van der Waals surface area contributed by atoms with Gasteiger partial charge in [-0.2, -0.15) is 17.6 Å². The predicted octanol–water partition coefficient (Wildman–Crippen LogP) is 5.98. The van der Waals surface area contributed by atoms with Crippen molar-refractivity contribution in [1.29, 1.82) is 0 Å². The molecule has 1 amide bonds. The number of hydrogen-bond donors (Lipinski definition) is 1. The molecule has 0 saturated heterocycles. The van der Waals surface area contributed by atoms with E-state index < -0.39 is 80.3 Å². The van der Waals surface area contributed by atoms with Gasteiger partial charge >= 0.3 is 12.9 Å². The number of amides is 1. The van der Waals surface area contributed by atoms with E-state index in [4.69, 9.17) is 4.42 Å². The molecule has 5 aromatic rings. The smallest absolute Gasteiger partial charge is 0.315 e. The quantitative estimate of drug-likeness (QED) is 0.0908. The molecule has 0 aliphatic rings. The molecule has 1 N–H and O–H groups in total. The van der Waals surface area contributed by atoms with Crippen molar-refractivity contribution >= 4 is 43.1 Å². The van der Waals surface area contributed by atoms with Crippen LogP contribution in [0.5, 0.6) is 0 Å². The Labute approximate surface area is 331 Å². The summed E-state index contributed by atoms with van der Waals surface area (Å²) in [5.74, 6) is -8.49. The summed E-state index contributed by atoms with van der Waals surface area (Å²) in [6.07, 6.45) is -3.82. The van der Waals surface area contributed by atoms with Crippen LogP contribution in [0.2, 0.25) is 0 Å². The maximum absolute atomic E-state index is 13.6. The molecule has 0 spiro atoms. The number of pyridine rings is 2. The Balaban J connectivity index is 0.000000261. The normalized spacial score (nSPS) is 11.6. The van der Waals surface area contributed by atoms with Crippen molar-refractivity contribution in [1.82, 2.24) is 25.5 Å². The highest BCUT2D eigenvalue weighted by atomic mass is 32.2. The number of sulfonamides is 2. The van der Waals surface area contributed by atoms with Gasteiger partial charge in [-0.3, -0.25) is 28.2 Å². The average molecular weight is 878 g/mol. The molecule has 3 heterocycles. The molecule has 0 aliphatic heterocycles. The fourth-order valence-corrected chi connectivity index (χ4v) is 6.85. The van der Waals surface area contributed by atoms with Gasteiger partial charge < -0.3 is 9.73 Å². The average Bonchev–Trinajstić information content (AvgIpc) is 3.72. The van der Waals surface area contributed by atoms with E-state index in [9.17, 15) is 61.5 Å². The highest BCUT2D eigenvalue weighted by Gasteiger charge is 2.25. The van der Waals surface area contributed by atoms with Crippen LogP contribution in [0.1, 0.15) is 47.9 Å². The Bertz CT molecular complexity index is 2480. The van der Waals surface area contributed by atoms with Crippen LogP contribution in [-0.4, -0.2) is 73.2 Å². The van der Waals surface area contributed by atoms with Gasteiger partial charge in [0.25, 0.3) is 11.8 Å². The Morgan fingerprint density at radius 3 is 1.59 bits per heavy atom. The molecule has 3 aromatic heterocycles. The molecule has 14 nitrogen and oxygen atoms in total. The Kier molecular flexibility index (Phi) is 15.2. The van der Waals surface area contributed by atoms with Crippen molar-refractivity contribution in [3.8, 4) is 11.5 Å². The van der Waals surface area contributed by atoms with Gasteiger partial charge in [-0.25, -0.2) is 34.4 Å². The maximum atomic E-state index is 13.6. The number of nitrogens with one attached hydrogen (secondary N) is 1. The van der Waals surface area contributed by atoms with Crippen LogP contribution in [0.4, 0.5) is 46.5 Å². The highest BCUT2D eigenvalue weighted by Crippen LogP contribution is 2.27. The first-order valence-corrected chi connectivity index (χ1v) is 20.0. The molecule has 0 saturated carbocycles. The zero-order valence-electron chi connectivity index (χ0n) is 30.5. The summed E-state index contributed by atoms with van der Waals surface area (Å²) >= 11 is 0. The number of carbonyl (C=O) groups excluding carboxylic acids is 2. The number of ketones is 1. The first kappa shape index (κ1) is 45.7. The van der Waals surface area contributed by atoms with Crippen molar-refractivity contribution in [3.63, 3.8) is 0 Å². The monoisotopic (exact) mass is 877 g/mol. The van der Waals surface area contributed by atoms with E-state index in [0.29, 0.717) is 0 Å². The number of anilines is 2. The standard InChI is InChI=1S/C18H17F4N3O4S.C17H14F4N4O3S/c1-2-30(28,29)25(13-5-6-14(19)15(20)7-13)10-12-4-3-11(8-23-12)16(26)9-24-18(27)17(21)22;1-2-29(26,27)25(12-5-6-13(18)14(19)7-12)9-11-4-3-10(8-22-11)16-23-24-17(28-16)15(20)21/h3-8,17H,2,9-10H2,1H3,(H,24,27);3-8,15H,2,9H2,1H3. The number of benzene rings is 2. The van der Waals surface area contributed by atoms with Gasteiger partial charge in [0, 0.05) is 30.1 Å². The molecule has 59 heavy (non-hydrogen) atoms. The number of rotatable bonds is 16. The van der Waals surface area contributed by atoms with Crippen molar-refractivity contribution in [3.05, 3.63) is 119 Å². The van der Waals surface area contributed by atoms with Crippen LogP contribution in [-0.2, 0) is 37.9 Å². The van der Waals surface area contributed by atoms with E-state index in [1.165, 1.54) is 44.3 Å². The lowest BCUT2D eigenvalue weighted by Crippen LogP contribution is -2.34. The summed E-state index contributed by atoms with van der Waals surface area (Å²) in [5, 5.41) is 8.48. The van der Waals surface area contributed by atoms with E-state index in [0.717, 1.165) is 51.2 Å². The summed E-state index contributed by atoms with van der Waals surface area (Å²) < 4.78 is 159. The highest BCUT2D eigenvalue weighted by molar-refractivity contribution is 7.93. The largest absolute Gasteiger partial charge is 0.415 e. The third kappa shape index (κ3) is 12.0. The predicted molar refractivity (Wildman–Crippen MR) is 194 cm³/mol. The van der Waals surface area contributed by atoms with E-state index in [1.807, 2.05) is 0 Å². The molecular weight excluding hydrogens is 847 g/mol. The molecule has 0 atom stereocenters. The number of nitrogens with zero attached hydrogens (tertiary/aromatic N) is 6. The van der Waals surface area contributed by atoms with Crippen LogP contribution in [0, 0.1) is 23.3 Å². The SMILES string of the molecule is CCS(=O)(=O)N(Cc1ccc(-c2nnc(C(F)F)o2)cn1)c1ccc(F)c(F)c1.CCS(=O)(=O)N(Cc1ccc(C(=O)CNC(=O)C(F)F)cn1)c1ccc(F)c(F)c1. The molecule has 0 radical (unpaired) electrons. The fraction of sp³-hybridized carbons (Fsp3) is 0.257. The van der Waals surface area contributed by atoms with E-state index >= 15 is 0 Å². The second-order valence-electron chi connectivity index (χ2n) is 11.8. The van der Waals surface area contributed by atoms with Crippen LogP contribution in [0.3, 0.4) is 0 Å². The third-order valence-electron chi connectivity index (χ3n) is 7.86. The van der Waals surface area contributed by atoms with Gasteiger partial charge in [0.2, 0.25) is 25.9 Å². The molecule has 0 unspecified atom stereocenters. The van der Waals surface area contributed by atoms with Gasteiger partial charge in [0.05, 0.1) is 59.5 Å². The van der Waals surface area contributed by atoms with Crippen LogP contribution < -0.4 is 13.9 Å². The molecule has 24 heteroatoms. The number of Topliss-reactive ketones (excluding diaryl/α,β-unsaturated/α-hetero) is 1. The molecular formula is C35H31F8N7O7S2. The minimum atomic E-state index is -3.88. The van der Waals surface area contributed by atoms with Gasteiger partial charge in [-0.1, -0.05) is 0 Å². The van der Waals surface area contributed by atoms with E-state index in [-0.39, 0.29) is 64.4 Å². The second-order valence-corrected chi connectivity index (χ2v) is 16.1. The molecule has 2 aromatic carbocycles.